The number of ether oxygens (including phenoxy) is 3. The first-order chi connectivity index (χ1) is 18.0. The fourth-order valence-corrected chi connectivity index (χ4v) is 3.97. The van der Waals surface area contributed by atoms with Crippen molar-refractivity contribution in [1.82, 2.24) is 10.2 Å². The van der Waals surface area contributed by atoms with Crippen molar-refractivity contribution in [2.45, 2.75) is 25.8 Å². The van der Waals surface area contributed by atoms with Crippen LogP contribution in [0.4, 0.5) is 10.1 Å². The van der Waals surface area contributed by atoms with Gasteiger partial charge in [0.05, 0.1) is 19.8 Å². The highest BCUT2D eigenvalue weighted by molar-refractivity contribution is 5.97. The summed E-state index contributed by atoms with van der Waals surface area (Å²) in [6, 6.07) is 21.1. The van der Waals surface area contributed by atoms with E-state index in [1.54, 1.807) is 24.3 Å². The smallest absolute Gasteiger partial charge is 0.249 e. The van der Waals surface area contributed by atoms with E-state index in [0.717, 1.165) is 5.56 Å². The first-order valence-corrected chi connectivity index (χ1v) is 12.1. The summed E-state index contributed by atoms with van der Waals surface area (Å²) in [6.07, 6.45) is -0.589. The van der Waals surface area contributed by atoms with Gasteiger partial charge in [-0.2, -0.15) is 0 Å². The molecule has 1 saturated heterocycles. The molecular weight excluding hydrogens is 477 g/mol. The SMILES string of the molecule is CC(=O)N(C1CNCCO1)[C@@H](COCc1ccccc1)C(=O)Nc1ccc(Oc2ccc(F)cc2)cc1. The van der Waals surface area contributed by atoms with Crippen molar-refractivity contribution in [3.8, 4) is 11.5 Å². The summed E-state index contributed by atoms with van der Waals surface area (Å²) in [5.41, 5.74) is 1.49. The molecule has 1 aliphatic heterocycles. The summed E-state index contributed by atoms with van der Waals surface area (Å²) in [7, 11) is 0. The van der Waals surface area contributed by atoms with Crippen molar-refractivity contribution in [2.24, 2.45) is 0 Å². The molecule has 8 nitrogen and oxygen atoms in total. The molecule has 2 atom stereocenters. The molecular formula is C28H30FN3O5. The number of rotatable bonds is 10. The molecule has 0 bridgehead atoms. The van der Waals surface area contributed by atoms with Gasteiger partial charge in [0.25, 0.3) is 0 Å². The second kappa shape index (κ2) is 13.0. The van der Waals surface area contributed by atoms with Gasteiger partial charge in [-0.05, 0) is 54.1 Å². The van der Waals surface area contributed by atoms with E-state index in [1.807, 2.05) is 30.3 Å². The molecule has 194 valence electrons. The zero-order valence-corrected chi connectivity index (χ0v) is 20.6. The molecule has 1 aliphatic rings. The van der Waals surface area contributed by atoms with E-state index < -0.39 is 18.2 Å². The van der Waals surface area contributed by atoms with Gasteiger partial charge in [-0.3, -0.25) is 9.59 Å². The molecule has 0 aliphatic carbocycles. The summed E-state index contributed by atoms with van der Waals surface area (Å²) in [4.78, 5) is 27.5. The number of benzene rings is 3. The van der Waals surface area contributed by atoms with Crippen LogP contribution in [0.5, 0.6) is 11.5 Å². The van der Waals surface area contributed by atoms with Gasteiger partial charge < -0.3 is 29.7 Å². The first kappa shape index (κ1) is 26.3. The predicted molar refractivity (Wildman–Crippen MR) is 137 cm³/mol. The van der Waals surface area contributed by atoms with Gasteiger partial charge in [-0.1, -0.05) is 30.3 Å². The molecule has 1 fully saturated rings. The molecule has 0 spiro atoms. The predicted octanol–water partition coefficient (Wildman–Crippen LogP) is 3.94. The highest BCUT2D eigenvalue weighted by Crippen LogP contribution is 2.24. The third-order valence-corrected chi connectivity index (χ3v) is 5.78. The van der Waals surface area contributed by atoms with Crippen LogP contribution in [0.25, 0.3) is 0 Å². The molecule has 2 N–H and O–H groups in total. The van der Waals surface area contributed by atoms with E-state index in [2.05, 4.69) is 10.6 Å². The summed E-state index contributed by atoms with van der Waals surface area (Å²) < 4.78 is 30.5. The molecule has 4 rings (SSSR count). The Hall–Kier alpha value is -3.79. The molecule has 9 heteroatoms. The van der Waals surface area contributed by atoms with Gasteiger partial charge >= 0.3 is 0 Å². The Morgan fingerprint density at radius 3 is 2.35 bits per heavy atom. The molecule has 3 aromatic carbocycles. The van der Waals surface area contributed by atoms with Crippen LogP contribution in [0, 0.1) is 5.82 Å². The maximum absolute atomic E-state index is 13.4. The van der Waals surface area contributed by atoms with Gasteiger partial charge in [0.2, 0.25) is 11.8 Å². The molecule has 3 aromatic rings. The summed E-state index contributed by atoms with van der Waals surface area (Å²) >= 11 is 0. The number of hydrogen-bond acceptors (Lipinski definition) is 6. The van der Waals surface area contributed by atoms with E-state index in [4.69, 9.17) is 14.2 Å². The van der Waals surface area contributed by atoms with Crippen molar-refractivity contribution >= 4 is 17.5 Å². The fraction of sp³-hybridized carbons (Fsp3) is 0.286. The van der Waals surface area contributed by atoms with Crippen molar-refractivity contribution in [3.63, 3.8) is 0 Å². The average molecular weight is 508 g/mol. The minimum Gasteiger partial charge on any atom is -0.457 e. The first-order valence-electron chi connectivity index (χ1n) is 12.1. The summed E-state index contributed by atoms with van der Waals surface area (Å²) in [5, 5.41) is 6.07. The topological polar surface area (TPSA) is 89.1 Å². The molecule has 0 radical (unpaired) electrons. The van der Waals surface area contributed by atoms with Crippen LogP contribution in [-0.4, -0.2) is 55.3 Å². The van der Waals surface area contributed by atoms with Crippen LogP contribution in [0.15, 0.2) is 78.9 Å². The average Bonchev–Trinajstić information content (AvgIpc) is 2.91. The maximum atomic E-state index is 13.4. The normalized spacial score (nSPS) is 16.0. The van der Waals surface area contributed by atoms with Gasteiger partial charge in [-0.15, -0.1) is 0 Å². The lowest BCUT2D eigenvalue weighted by Gasteiger charge is -2.38. The van der Waals surface area contributed by atoms with Crippen molar-refractivity contribution in [2.75, 3.05) is 31.6 Å². The van der Waals surface area contributed by atoms with Gasteiger partial charge in [0, 0.05) is 25.7 Å². The Bertz CT molecular complexity index is 1150. The summed E-state index contributed by atoms with van der Waals surface area (Å²) in [6.45, 7) is 3.23. The van der Waals surface area contributed by atoms with E-state index in [1.165, 1.54) is 36.1 Å². The van der Waals surface area contributed by atoms with Gasteiger partial charge in [-0.25, -0.2) is 4.39 Å². The number of carbonyl (C=O) groups excluding carboxylic acids is 2. The van der Waals surface area contributed by atoms with Crippen LogP contribution in [0.1, 0.15) is 12.5 Å². The molecule has 1 heterocycles. The largest absolute Gasteiger partial charge is 0.457 e. The highest BCUT2D eigenvalue weighted by atomic mass is 19.1. The lowest BCUT2D eigenvalue weighted by Crippen LogP contribution is -2.59. The molecule has 37 heavy (non-hydrogen) atoms. The van der Waals surface area contributed by atoms with Crippen LogP contribution in [-0.2, 0) is 25.7 Å². The zero-order valence-electron chi connectivity index (χ0n) is 20.6. The number of hydrogen-bond donors (Lipinski definition) is 2. The molecule has 2 amide bonds. The van der Waals surface area contributed by atoms with Gasteiger partial charge in [0.1, 0.15) is 29.6 Å². The Morgan fingerprint density at radius 2 is 1.73 bits per heavy atom. The molecule has 1 unspecified atom stereocenters. The number of morpholine rings is 1. The lowest BCUT2D eigenvalue weighted by molar-refractivity contribution is -0.160. The Balaban J connectivity index is 1.45. The fourth-order valence-electron chi connectivity index (χ4n) is 3.97. The second-order valence-corrected chi connectivity index (χ2v) is 8.54. The van der Waals surface area contributed by atoms with Crippen molar-refractivity contribution < 1.29 is 28.2 Å². The molecule has 0 saturated carbocycles. The number of amides is 2. The monoisotopic (exact) mass is 507 g/mol. The van der Waals surface area contributed by atoms with Crippen LogP contribution in [0.3, 0.4) is 0 Å². The maximum Gasteiger partial charge on any atom is 0.249 e. The second-order valence-electron chi connectivity index (χ2n) is 8.54. The van der Waals surface area contributed by atoms with E-state index in [-0.39, 0.29) is 18.3 Å². The summed E-state index contributed by atoms with van der Waals surface area (Å²) in [5.74, 6) is -0.0158. The minimum atomic E-state index is -0.916. The van der Waals surface area contributed by atoms with Crippen LogP contribution in [0.2, 0.25) is 0 Å². The third-order valence-electron chi connectivity index (χ3n) is 5.78. The Morgan fingerprint density at radius 1 is 1.05 bits per heavy atom. The van der Waals surface area contributed by atoms with Crippen LogP contribution >= 0.6 is 0 Å². The van der Waals surface area contributed by atoms with E-state index in [0.29, 0.717) is 43.5 Å². The van der Waals surface area contributed by atoms with Crippen LogP contribution < -0.4 is 15.4 Å². The van der Waals surface area contributed by atoms with Crippen molar-refractivity contribution in [3.05, 3.63) is 90.2 Å². The molecule has 0 aromatic heterocycles. The standard InChI is InChI=1S/C28H30FN3O5/c1-20(33)32(27-17-30-15-16-36-27)26(19-35-18-21-5-3-2-4-6-21)28(34)31-23-9-13-25(14-10-23)37-24-11-7-22(29)8-12-24/h2-14,26-27,30H,15-19H2,1H3,(H,31,34)/t26-,27?/m0/s1. The van der Waals surface area contributed by atoms with E-state index in [9.17, 15) is 14.0 Å². The number of halogens is 1. The lowest BCUT2D eigenvalue weighted by atomic mass is 10.2. The minimum absolute atomic E-state index is 0.00801. The third kappa shape index (κ3) is 7.60. The highest BCUT2D eigenvalue weighted by Gasteiger charge is 2.35. The van der Waals surface area contributed by atoms with E-state index >= 15 is 0 Å². The van der Waals surface area contributed by atoms with Crippen molar-refractivity contribution in [1.29, 1.82) is 0 Å². The number of nitrogens with zero attached hydrogens (tertiary/aromatic N) is 1. The van der Waals surface area contributed by atoms with Gasteiger partial charge in [0.15, 0.2) is 0 Å². The number of nitrogens with one attached hydrogen (secondary N) is 2. The Labute approximate surface area is 215 Å². The number of anilines is 1. The number of carbonyl (C=O) groups is 2. The Kier molecular flexibility index (Phi) is 9.20. The quantitative estimate of drug-likeness (QED) is 0.432. The zero-order chi connectivity index (χ0) is 26.0.